The summed E-state index contributed by atoms with van der Waals surface area (Å²) >= 11 is 0. The Kier molecular flexibility index (Phi) is 23.3. The van der Waals surface area contributed by atoms with E-state index in [2.05, 4.69) is 337 Å². The SMILES string of the molecule is C=C(C)c1cc(Cc2cc(Cc3cc(C(C)(C)C)c(O)c(C(C)(C)C)c3)cc(Cc3cc(C(C)(C)C)c(O)c(C(C)(C)C)c3)c2Nc2c(Cc3cc(C(C)(C)C)c(O)c(C(C)(C)C)c3)cc(Cc3cc(C(C)(C)C)c(O)c(C(C)(C)C)c3)cc2Cc2cc(C(C)(C)C)c(O)c(C(C)(C)C)c2)cc(C(C)(C)C)c1O. The minimum absolute atomic E-state index is 0.239. The Morgan fingerprint density at radius 3 is 0.519 bits per heavy atom. The molecule has 0 spiro atoms. The number of hydrogen-bond donors (Lipinski definition) is 7. The van der Waals surface area contributed by atoms with Crippen LogP contribution in [0.3, 0.4) is 0 Å². The van der Waals surface area contributed by atoms with Crippen LogP contribution < -0.4 is 5.32 Å². The minimum atomic E-state index is -0.433. The summed E-state index contributed by atoms with van der Waals surface area (Å²) in [5.41, 5.74) is 21.5. The van der Waals surface area contributed by atoms with Crippen molar-refractivity contribution in [1.29, 1.82) is 0 Å². The van der Waals surface area contributed by atoms with E-state index in [4.69, 9.17) is 0 Å². The average Bonchev–Trinajstić information content (AvgIpc) is 0.769. The fourth-order valence-corrected chi connectivity index (χ4v) is 15.6. The highest BCUT2D eigenvalue weighted by molar-refractivity contribution is 5.77. The molecule has 8 aromatic carbocycles. The first-order valence-electron chi connectivity index (χ1n) is 39.7. The van der Waals surface area contributed by atoms with Crippen LogP contribution in [0.4, 0.5) is 11.4 Å². The van der Waals surface area contributed by atoms with Gasteiger partial charge >= 0.3 is 0 Å². The van der Waals surface area contributed by atoms with Gasteiger partial charge in [0, 0.05) is 22.5 Å². The van der Waals surface area contributed by atoms with E-state index >= 15 is 0 Å². The van der Waals surface area contributed by atoms with Crippen LogP contribution in [0, 0.1) is 0 Å². The lowest BCUT2D eigenvalue weighted by Gasteiger charge is -2.30. The van der Waals surface area contributed by atoms with Crippen molar-refractivity contribution in [2.24, 2.45) is 0 Å². The number of aromatic hydroxyl groups is 6. The lowest BCUT2D eigenvalue weighted by Crippen LogP contribution is -2.19. The molecule has 0 aliphatic heterocycles. The fraction of sp³-hybridized carbons (Fsp3) is 0.505. The van der Waals surface area contributed by atoms with E-state index in [9.17, 15) is 30.6 Å². The van der Waals surface area contributed by atoms with Crippen molar-refractivity contribution in [3.63, 3.8) is 0 Å². The molecule has 0 bridgehead atoms. The first-order chi connectivity index (χ1) is 48.7. The number of benzene rings is 8. The van der Waals surface area contributed by atoms with Crippen molar-refractivity contribution < 1.29 is 30.6 Å². The van der Waals surface area contributed by atoms with Crippen LogP contribution in [0.15, 0.2) is 104 Å². The van der Waals surface area contributed by atoms with Crippen LogP contribution in [0.25, 0.3) is 5.57 Å². The highest BCUT2D eigenvalue weighted by Crippen LogP contribution is 2.49. The second-order valence-electron chi connectivity index (χ2n) is 43.5. The lowest BCUT2D eigenvalue weighted by molar-refractivity contribution is 0.422. The van der Waals surface area contributed by atoms with Crippen LogP contribution in [0.1, 0.15) is 369 Å². The fourth-order valence-electron chi connectivity index (χ4n) is 15.6. The third-order valence-corrected chi connectivity index (χ3v) is 21.7. The zero-order chi connectivity index (χ0) is 81.8. The van der Waals surface area contributed by atoms with Crippen LogP contribution in [0.2, 0.25) is 0 Å². The summed E-state index contributed by atoms with van der Waals surface area (Å²) in [6.45, 7) is 78.1. The van der Waals surface area contributed by atoms with E-state index < -0.39 is 37.9 Å². The summed E-state index contributed by atoms with van der Waals surface area (Å²) < 4.78 is 0. The van der Waals surface area contributed by atoms with Crippen molar-refractivity contribution in [3.8, 4) is 34.5 Å². The second-order valence-corrected chi connectivity index (χ2v) is 43.5. The number of phenols is 6. The molecule has 108 heavy (non-hydrogen) atoms. The molecule has 584 valence electrons. The summed E-state index contributed by atoms with van der Waals surface area (Å²) in [6.07, 6.45) is 3.01. The van der Waals surface area contributed by atoms with E-state index in [1.165, 1.54) is 0 Å². The monoisotopic (exact) mass is 1460 g/mol. The van der Waals surface area contributed by atoms with E-state index in [0.29, 0.717) is 72.8 Å². The maximum absolute atomic E-state index is 12.5. The number of hydrogen-bond acceptors (Lipinski definition) is 7. The molecule has 7 nitrogen and oxygen atoms in total. The molecule has 0 aliphatic rings. The van der Waals surface area contributed by atoms with Gasteiger partial charge in [-0.3, -0.25) is 0 Å². The summed E-state index contributed by atoms with van der Waals surface area (Å²) in [7, 11) is 0. The van der Waals surface area contributed by atoms with E-state index in [-0.39, 0.29) is 27.4 Å². The average molecular weight is 1460 g/mol. The van der Waals surface area contributed by atoms with Crippen LogP contribution in [-0.2, 0) is 98.1 Å². The molecule has 7 N–H and O–H groups in total. The van der Waals surface area contributed by atoms with Crippen molar-refractivity contribution in [2.75, 3.05) is 5.32 Å². The number of phenolic OH excluding ortho intramolecular Hbond substituents is 6. The van der Waals surface area contributed by atoms with Gasteiger partial charge in [-0.05, 0) is 239 Å². The van der Waals surface area contributed by atoms with Gasteiger partial charge in [-0.25, -0.2) is 0 Å². The van der Waals surface area contributed by atoms with Crippen molar-refractivity contribution >= 4 is 16.9 Å². The van der Waals surface area contributed by atoms with E-state index in [0.717, 1.165) is 145 Å². The first kappa shape index (κ1) is 85.7. The Balaban J connectivity index is 1.64. The van der Waals surface area contributed by atoms with Crippen molar-refractivity contribution in [2.45, 2.75) is 333 Å². The summed E-state index contributed by atoms with van der Waals surface area (Å²) in [6, 6.07) is 36.1. The molecule has 0 saturated carbocycles. The zero-order valence-electron chi connectivity index (χ0n) is 73.4. The van der Waals surface area contributed by atoms with Crippen LogP contribution >= 0.6 is 0 Å². The van der Waals surface area contributed by atoms with E-state index in [1.807, 2.05) is 6.92 Å². The topological polar surface area (TPSA) is 133 Å². The zero-order valence-corrected chi connectivity index (χ0v) is 73.4. The van der Waals surface area contributed by atoms with Gasteiger partial charge in [-0.1, -0.05) is 326 Å². The molecule has 0 unspecified atom stereocenters. The predicted molar refractivity (Wildman–Crippen MR) is 462 cm³/mol. The standard InChI is InChI=1S/C101H139NO6/c1-58(2)71-46-63(51-72(85(71)103)91(3,4)5)42-67-38-59(36-61-47-73(92(6,7)8)86(104)74(48-61)93(9,10)11)39-68(43-64-52-77(96(18,19)20)88(106)78(53-64)97(21,22)23)83(67)102-84-69(44-65-54-79(98(24,25)26)89(107)80(55-65)99(27,28)29)40-60(37-62-49-75(94(12,13)14)87(105)76(50-62)95(15,16)17)41-70(84)45-66-56-81(100(30,31)32)90(108)82(57-66)101(33,34)35/h38-41,46-57,102-108H,1,36-37,42-45H2,2-35H3. The number of allylic oxidation sites excluding steroid dienone is 1. The normalized spacial score (nSPS) is 13.4. The van der Waals surface area contributed by atoms with Gasteiger partial charge in [0.15, 0.2) is 0 Å². The first-order valence-corrected chi connectivity index (χ1v) is 39.7. The van der Waals surface area contributed by atoms with Crippen LogP contribution in [-0.4, -0.2) is 30.6 Å². The summed E-state index contributed by atoms with van der Waals surface area (Å²) in [5, 5.41) is 78.6. The third-order valence-electron chi connectivity index (χ3n) is 21.7. The molecule has 0 aliphatic carbocycles. The third kappa shape index (κ3) is 19.4. The van der Waals surface area contributed by atoms with E-state index in [1.54, 1.807) is 0 Å². The van der Waals surface area contributed by atoms with Gasteiger partial charge < -0.3 is 36.0 Å². The van der Waals surface area contributed by atoms with Crippen molar-refractivity contribution in [3.05, 3.63) is 237 Å². The molecule has 0 saturated heterocycles. The van der Waals surface area contributed by atoms with Crippen LogP contribution in [0.5, 0.6) is 34.5 Å². The molecule has 7 heteroatoms. The quantitative estimate of drug-likeness (QED) is 0.0544. The molecular weight excluding hydrogens is 1320 g/mol. The van der Waals surface area contributed by atoms with Gasteiger partial charge in [-0.15, -0.1) is 0 Å². The van der Waals surface area contributed by atoms with Gasteiger partial charge in [0.25, 0.3) is 0 Å². The van der Waals surface area contributed by atoms with Gasteiger partial charge in [0.1, 0.15) is 34.5 Å². The molecule has 0 radical (unpaired) electrons. The van der Waals surface area contributed by atoms with Gasteiger partial charge in [0.05, 0.1) is 0 Å². The summed E-state index contributed by atoms with van der Waals surface area (Å²) in [5.74, 6) is 1.88. The highest BCUT2D eigenvalue weighted by atomic mass is 16.3. The number of rotatable bonds is 15. The molecule has 8 aromatic rings. The number of nitrogens with one attached hydrogen (secondary N) is 1. The predicted octanol–water partition coefficient (Wildman–Crippen LogP) is 26.5. The molecule has 0 atom stereocenters. The molecule has 0 aromatic heterocycles. The maximum Gasteiger partial charge on any atom is 0.126 e. The van der Waals surface area contributed by atoms with Gasteiger partial charge in [-0.2, -0.15) is 0 Å². The minimum Gasteiger partial charge on any atom is -0.507 e. The Morgan fingerprint density at radius 1 is 0.222 bits per heavy atom. The molecule has 8 rings (SSSR count). The Bertz CT molecular complexity index is 4450. The van der Waals surface area contributed by atoms with Crippen molar-refractivity contribution in [1.82, 2.24) is 0 Å². The smallest absolute Gasteiger partial charge is 0.126 e. The lowest BCUT2D eigenvalue weighted by atomic mass is 9.77. The molecular formula is C101H139NO6. The molecule has 0 heterocycles. The maximum atomic E-state index is 12.5. The largest absolute Gasteiger partial charge is 0.507 e. The highest BCUT2D eigenvalue weighted by Gasteiger charge is 2.35. The molecule has 0 fully saturated rings. The number of anilines is 2. The Morgan fingerprint density at radius 2 is 0.361 bits per heavy atom. The van der Waals surface area contributed by atoms with Gasteiger partial charge in [0.2, 0.25) is 0 Å². The Labute approximate surface area is 654 Å². The molecule has 0 amide bonds. The second kappa shape index (κ2) is 29.4. The summed E-state index contributed by atoms with van der Waals surface area (Å²) in [4.78, 5) is 0. The Hall–Kier alpha value is -7.90.